The predicted octanol–water partition coefficient (Wildman–Crippen LogP) is 1.89. The van der Waals surface area contributed by atoms with Gasteiger partial charge in [0.15, 0.2) is 0 Å². The fourth-order valence-corrected chi connectivity index (χ4v) is 3.77. The number of hydrogen-bond donors (Lipinski definition) is 2. The lowest BCUT2D eigenvalue weighted by atomic mass is 9.80. The molecule has 0 amide bonds. The van der Waals surface area contributed by atoms with E-state index in [2.05, 4.69) is 25.3 Å². The van der Waals surface area contributed by atoms with Gasteiger partial charge in [0.2, 0.25) is 0 Å². The highest BCUT2D eigenvalue weighted by molar-refractivity contribution is 5.76. The smallest absolute Gasteiger partial charge is 0.311 e. The molecule has 1 heterocycles. The van der Waals surface area contributed by atoms with Crippen molar-refractivity contribution in [2.24, 2.45) is 11.8 Å². The highest BCUT2D eigenvalue weighted by atomic mass is 16.6. The van der Waals surface area contributed by atoms with Crippen LogP contribution in [0.3, 0.4) is 0 Å². The first-order chi connectivity index (χ1) is 11.4. The lowest BCUT2D eigenvalue weighted by Crippen LogP contribution is -2.40. The van der Waals surface area contributed by atoms with Crippen molar-refractivity contribution in [1.29, 1.82) is 0 Å². The van der Waals surface area contributed by atoms with E-state index < -0.39 is 18.3 Å². The van der Waals surface area contributed by atoms with Crippen LogP contribution in [0.1, 0.15) is 40.0 Å². The van der Waals surface area contributed by atoms with E-state index in [4.69, 9.17) is 4.74 Å². The molecule has 0 spiro atoms. The number of carbonyl (C=O) groups excluding carboxylic acids is 1. The van der Waals surface area contributed by atoms with Crippen LogP contribution in [0.5, 0.6) is 0 Å². The molecule has 0 aromatic rings. The Kier molecular flexibility index (Phi) is 6.61. The van der Waals surface area contributed by atoms with E-state index in [1.165, 1.54) is 0 Å². The molecule has 1 aliphatic carbocycles. The largest absolute Gasteiger partial charge is 0.461 e. The number of fused-ring (bicyclic) bond motifs is 1. The molecule has 24 heavy (non-hydrogen) atoms. The van der Waals surface area contributed by atoms with Gasteiger partial charge >= 0.3 is 5.97 Å². The minimum atomic E-state index is -0.718. The molecule has 1 aliphatic heterocycles. The lowest BCUT2D eigenvalue weighted by molar-refractivity contribution is -0.144. The van der Waals surface area contributed by atoms with Crippen LogP contribution in [-0.2, 0) is 9.53 Å². The predicted molar refractivity (Wildman–Crippen MR) is 93.4 cm³/mol. The summed E-state index contributed by atoms with van der Waals surface area (Å²) in [6.07, 6.45) is 1.81. The highest BCUT2D eigenvalue weighted by Gasteiger charge is 2.48. The molecular weight excluding hydrogens is 306 g/mol. The summed E-state index contributed by atoms with van der Waals surface area (Å²) in [6.45, 7) is 12.3. The molecule has 5 heteroatoms. The highest BCUT2D eigenvalue weighted by Crippen LogP contribution is 2.37. The molecule has 0 saturated carbocycles. The molecule has 0 aromatic carbocycles. The summed E-state index contributed by atoms with van der Waals surface area (Å²) < 4.78 is 5.60. The van der Waals surface area contributed by atoms with Gasteiger partial charge in [0, 0.05) is 18.9 Å². The number of hydrogen-bond acceptors (Lipinski definition) is 5. The zero-order chi connectivity index (χ0) is 17.9. The SMILES string of the molecule is C=C1C[C@H]2OC(=O)[C@H](CN(CC)CC)[C@@H]2[C@@H](O)/C=C(\C)CC[C@H]1O. The van der Waals surface area contributed by atoms with Gasteiger partial charge in [0.25, 0.3) is 0 Å². The van der Waals surface area contributed by atoms with E-state index in [-0.39, 0.29) is 17.8 Å². The van der Waals surface area contributed by atoms with Crippen LogP contribution < -0.4 is 0 Å². The van der Waals surface area contributed by atoms with Crippen molar-refractivity contribution in [3.63, 3.8) is 0 Å². The lowest BCUT2D eigenvalue weighted by Gasteiger charge is -2.29. The molecule has 1 saturated heterocycles. The van der Waals surface area contributed by atoms with Crippen molar-refractivity contribution < 1.29 is 19.7 Å². The van der Waals surface area contributed by atoms with Gasteiger partial charge in [-0.15, -0.1) is 0 Å². The van der Waals surface area contributed by atoms with Gasteiger partial charge in [0.05, 0.1) is 18.1 Å². The Balaban J connectivity index is 2.29. The first-order valence-corrected chi connectivity index (χ1v) is 9.01. The summed E-state index contributed by atoms with van der Waals surface area (Å²) >= 11 is 0. The number of aliphatic hydroxyl groups is 2. The summed E-state index contributed by atoms with van der Waals surface area (Å²) in [5.74, 6) is -0.892. The third kappa shape index (κ3) is 4.26. The van der Waals surface area contributed by atoms with E-state index in [0.717, 1.165) is 18.7 Å². The monoisotopic (exact) mass is 337 g/mol. The second-order valence-corrected chi connectivity index (χ2v) is 7.07. The van der Waals surface area contributed by atoms with Gasteiger partial charge in [0.1, 0.15) is 6.10 Å². The number of esters is 1. The van der Waals surface area contributed by atoms with Gasteiger partial charge in [-0.05, 0) is 38.4 Å². The van der Waals surface area contributed by atoms with Crippen molar-refractivity contribution in [3.8, 4) is 0 Å². The van der Waals surface area contributed by atoms with Crippen molar-refractivity contribution in [2.45, 2.75) is 58.3 Å². The maximum absolute atomic E-state index is 12.4. The molecule has 5 atom stereocenters. The molecule has 1 fully saturated rings. The van der Waals surface area contributed by atoms with E-state index in [0.29, 0.717) is 31.4 Å². The van der Waals surface area contributed by atoms with E-state index in [9.17, 15) is 15.0 Å². The van der Waals surface area contributed by atoms with Gasteiger partial charge in [-0.2, -0.15) is 0 Å². The van der Waals surface area contributed by atoms with E-state index in [1.54, 1.807) is 0 Å². The van der Waals surface area contributed by atoms with Crippen molar-refractivity contribution in [1.82, 2.24) is 4.90 Å². The van der Waals surface area contributed by atoms with Crippen molar-refractivity contribution in [2.75, 3.05) is 19.6 Å². The van der Waals surface area contributed by atoms with Crippen LogP contribution in [0.15, 0.2) is 23.8 Å². The van der Waals surface area contributed by atoms with Crippen molar-refractivity contribution >= 4 is 5.97 Å². The topological polar surface area (TPSA) is 70.0 Å². The quantitative estimate of drug-likeness (QED) is 0.606. The zero-order valence-corrected chi connectivity index (χ0v) is 15.1. The Morgan fingerprint density at radius 3 is 2.62 bits per heavy atom. The molecule has 5 nitrogen and oxygen atoms in total. The van der Waals surface area contributed by atoms with Crippen LogP contribution in [0, 0.1) is 11.8 Å². The number of nitrogens with zero attached hydrogens (tertiary/aromatic N) is 1. The van der Waals surface area contributed by atoms with Gasteiger partial charge in [-0.3, -0.25) is 4.79 Å². The number of ether oxygens (including phenoxy) is 1. The first kappa shape index (κ1) is 19.2. The summed E-state index contributed by atoms with van der Waals surface area (Å²) in [7, 11) is 0. The van der Waals surface area contributed by atoms with Crippen LogP contribution in [0.2, 0.25) is 0 Å². The van der Waals surface area contributed by atoms with E-state index in [1.807, 2.05) is 13.0 Å². The Labute approximate surface area is 145 Å². The Bertz CT molecular complexity index is 498. The molecule has 136 valence electrons. The number of rotatable bonds is 4. The fourth-order valence-electron chi connectivity index (χ4n) is 3.77. The summed E-state index contributed by atoms with van der Waals surface area (Å²) in [5, 5.41) is 21.0. The fraction of sp³-hybridized carbons (Fsp3) is 0.737. The minimum absolute atomic E-state index is 0.247. The maximum Gasteiger partial charge on any atom is 0.311 e. The van der Waals surface area contributed by atoms with Crippen LogP contribution in [-0.4, -0.2) is 59.0 Å². The van der Waals surface area contributed by atoms with Gasteiger partial charge < -0.3 is 19.8 Å². The molecule has 0 bridgehead atoms. The Morgan fingerprint density at radius 2 is 2.00 bits per heavy atom. The molecule has 0 radical (unpaired) electrons. The molecule has 2 aliphatic rings. The first-order valence-electron chi connectivity index (χ1n) is 9.01. The minimum Gasteiger partial charge on any atom is -0.461 e. The molecule has 2 N–H and O–H groups in total. The summed E-state index contributed by atoms with van der Waals surface area (Å²) in [6, 6.07) is 0. The molecular formula is C19H31NO4. The number of carbonyl (C=O) groups is 1. The van der Waals surface area contributed by atoms with Crippen LogP contribution >= 0.6 is 0 Å². The molecule has 2 rings (SSSR count). The average Bonchev–Trinajstić information content (AvgIpc) is 2.84. The normalized spacial score (nSPS) is 36.9. The van der Waals surface area contributed by atoms with Gasteiger partial charge in [-0.1, -0.05) is 32.1 Å². The second-order valence-electron chi connectivity index (χ2n) is 7.07. The number of allylic oxidation sites excluding steroid dienone is 1. The molecule has 0 aromatic heterocycles. The molecule has 0 unspecified atom stereocenters. The summed E-state index contributed by atoms with van der Waals surface area (Å²) in [5.41, 5.74) is 1.71. The Morgan fingerprint density at radius 1 is 1.33 bits per heavy atom. The zero-order valence-electron chi connectivity index (χ0n) is 15.1. The summed E-state index contributed by atoms with van der Waals surface area (Å²) in [4.78, 5) is 14.6. The van der Waals surface area contributed by atoms with Crippen LogP contribution in [0.25, 0.3) is 0 Å². The average molecular weight is 337 g/mol. The van der Waals surface area contributed by atoms with Gasteiger partial charge in [-0.25, -0.2) is 0 Å². The van der Waals surface area contributed by atoms with Crippen LogP contribution in [0.4, 0.5) is 0 Å². The van der Waals surface area contributed by atoms with E-state index >= 15 is 0 Å². The third-order valence-corrected chi connectivity index (χ3v) is 5.41. The van der Waals surface area contributed by atoms with Crippen molar-refractivity contribution in [3.05, 3.63) is 23.8 Å². The Hall–Kier alpha value is -1.17. The standard InChI is InChI=1S/C19H31NO4/c1-5-20(6-2)11-14-18-16(22)9-12(3)7-8-15(21)13(4)10-17(18)24-19(14)23/h9,14-18,21-22H,4-8,10-11H2,1-3H3/b12-9+/t14-,15-,16+,17-,18-/m1/s1. The third-order valence-electron chi connectivity index (χ3n) is 5.41. The number of aliphatic hydroxyl groups excluding tert-OH is 2. The maximum atomic E-state index is 12.4. The second kappa shape index (κ2) is 8.28.